The lowest BCUT2D eigenvalue weighted by Gasteiger charge is -2.31. The fourth-order valence-electron chi connectivity index (χ4n) is 4.18. The number of hydrogen-bond acceptors (Lipinski definition) is 6. The van der Waals surface area contributed by atoms with Crippen LogP contribution in [-0.4, -0.2) is 45.5 Å². The van der Waals surface area contributed by atoms with Gasteiger partial charge in [0.05, 0.1) is 11.4 Å². The Morgan fingerprint density at radius 3 is 1.03 bits per heavy atom. The van der Waals surface area contributed by atoms with Crippen LogP contribution >= 0.6 is 0 Å². The normalized spacial score (nSPS) is 10.4. The number of hydrazine groups is 2. The van der Waals surface area contributed by atoms with E-state index in [4.69, 9.17) is 0 Å². The Hall–Kier alpha value is -4.34. The Morgan fingerprint density at radius 2 is 0.744 bits per heavy atom. The van der Waals surface area contributed by atoms with Crippen molar-refractivity contribution in [1.82, 2.24) is 10.0 Å². The van der Waals surface area contributed by atoms with Crippen molar-refractivity contribution in [2.75, 3.05) is 10.0 Å². The van der Waals surface area contributed by atoms with Crippen molar-refractivity contribution in [3.05, 3.63) is 60.7 Å². The van der Waals surface area contributed by atoms with Gasteiger partial charge in [0.2, 0.25) is 35.4 Å². The highest BCUT2D eigenvalue weighted by Crippen LogP contribution is 2.21. The third-order valence-electron chi connectivity index (χ3n) is 5.85. The van der Waals surface area contributed by atoms with Crippen LogP contribution in [0.4, 0.5) is 11.4 Å². The van der Waals surface area contributed by atoms with Crippen LogP contribution in [0.2, 0.25) is 0 Å². The minimum atomic E-state index is -0.554. The molecule has 0 aliphatic rings. The van der Waals surface area contributed by atoms with Gasteiger partial charge in [-0.25, -0.2) is 10.0 Å². The number of unbranched alkanes of at least 4 members (excludes halogenated alkanes) is 4. The molecule has 208 valence electrons. The second-order valence-corrected chi connectivity index (χ2v) is 9.05. The average Bonchev–Trinajstić information content (AvgIpc) is 2.89. The highest BCUT2D eigenvalue weighted by atomic mass is 16.2. The van der Waals surface area contributed by atoms with Crippen molar-refractivity contribution < 1.29 is 28.8 Å². The fraction of sp³-hybridized carbons (Fsp3) is 0.379. The van der Waals surface area contributed by atoms with Gasteiger partial charge in [-0.3, -0.25) is 28.8 Å². The number of carbonyl (C=O) groups excluding carboxylic acids is 6. The van der Waals surface area contributed by atoms with E-state index in [1.54, 1.807) is 60.7 Å². The molecule has 2 aromatic rings. The molecule has 0 spiro atoms. The Bertz CT molecular complexity index is 1050. The van der Waals surface area contributed by atoms with Gasteiger partial charge in [-0.05, 0) is 37.1 Å². The quantitative estimate of drug-likeness (QED) is 0.328. The second-order valence-electron chi connectivity index (χ2n) is 9.05. The van der Waals surface area contributed by atoms with Crippen molar-refractivity contribution in [2.24, 2.45) is 0 Å². The van der Waals surface area contributed by atoms with Gasteiger partial charge in [-0.2, -0.15) is 10.0 Å². The van der Waals surface area contributed by atoms with Gasteiger partial charge in [0.15, 0.2) is 0 Å². The van der Waals surface area contributed by atoms with Gasteiger partial charge in [0, 0.05) is 40.5 Å². The Kier molecular flexibility index (Phi) is 12.0. The fourth-order valence-corrected chi connectivity index (χ4v) is 4.18. The molecule has 0 bridgehead atoms. The molecule has 0 heterocycles. The Labute approximate surface area is 229 Å². The van der Waals surface area contributed by atoms with Crippen molar-refractivity contribution in [2.45, 2.75) is 72.6 Å². The van der Waals surface area contributed by atoms with E-state index in [9.17, 15) is 28.8 Å². The zero-order chi connectivity index (χ0) is 28.9. The number of amides is 6. The van der Waals surface area contributed by atoms with Crippen LogP contribution in [0.25, 0.3) is 0 Å². The van der Waals surface area contributed by atoms with Gasteiger partial charge < -0.3 is 0 Å². The molecule has 10 nitrogen and oxygen atoms in total. The smallest absolute Gasteiger partial charge is 0.246 e. The molecule has 2 rings (SSSR count). The van der Waals surface area contributed by atoms with Crippen LogP contribution in [-0.2, 0) is 28.8 Å². The molecule has 39 heavy (non-hydrogen) atoms. The van der Waals surface area contributed by atoms with E-state index in [0.29, 0.717) is 37.1 Å². The first kappa shape index (κ1) is 30.9. The first-order chi connectivity index (χ1) is 18.6. The van der Waals surface area contributed by atoms with Crippen LogP contribution in [0.3, 0.4) is 0 Å². The monoisotopic (exact) mass is 536 g/mol. The zero-order valence-electron chi connectivity index (χ0n) is 23.0. The number of hydrogen-bond donors (Lipinski definition) is 0. The lowest BCUT2D eigenvalue weighted by atomic mass is 10.1. The van der Waals surface area contributed by atoms with Crippen molar-refractivity contribution in [3.63, 3.8) is 0 Å². The second kappa shape index (κ2) is 15.2. The summed E-state index contributed by atoms with van der Waals surface area (Å²) in [5.74, 6) is -2.95. The van der Waals surface area contributed by atoms with E-state index in [1.165, 1.54) is 27.7 Å². The maximum Gasteiger partial charge on any atom is 0.246 e. The van der Waals surface area contributed by atoms with Gasteiger partial charge in [0.1, 0.15) is 0 Å². The van der Waals surface area contributed by atoms with Crippen LogP contribution < -0.4 is 10.0 Å². The third-order valence-corrected chi connectivity index (χ3v) is 5.85. The highest BCUT2D eigenvalue weighted by Gasteiger charge is 2.29. The van der Waals surface area contributed by atoms with E-state index in [0.717, 1.165) is 26.5 Å². The lowest BCUT2D eigenvalue weighted by Crippen LogP contribution is -2.51. The third kappa shape index (κ3) is 8.87. The summed E-state index contributed by atoms with van der Waals surface area (Å²) in [4.78, 5) is 74.5. The molecule has 2 aromatic carbocycles. The molecule has 0 saturated carbocycles. The van der Waals surface area contributed by atoms with Crippen LogP contribution in [0.1, 0.15) is 72.6 Å². The van der Waals surface area contributed by atoms with Gasteiger partial charge in [-0.1, -0.05) is 55.7 Å². The molecule has 0 N–H and O–H groups in total. The lowest BCUT2D eigenvalue weighted by molar-refractivity contribution is -0.147. The Balaban J connectivity index is 1.91. The molecule has 0 aromatic heterocycles. The molecule has 6 amide bonds. The minimum absolute atomic E-state index is 0.138. The Morgan fingerprint density at radius 1 is 0.462 bits per heavy atom. The number of anilines is 2. The van der Waals surface area contributed by atoms with Gasteiger partial charge in [0.25, 0.3) is 0 Å². The van der Waals surface area contributed by atoms with E-state index in [2.05, 4.69) is 0 Å². The van der Waals surface area contributed by atoms with Crippen molar-refractivity contribution in [3.8, 4) is 0 Å². The summed E-state index contributed by atoms with van der Waals surface area (Å²) in [5, 5.41) is 3.93. The van der Waals surface area contributed by atoms with Crippen molar-refractivity contribution in [1.29, 1.82) is 0 Å². The number of nitrogens with zero attached hydrogens (tertiary/aromatic N) is 4. The SMILES string of the molecule is CC(=O)N(C(C)=O)N(C(=O)CCCCCCCC(=O)N(c1ccccc1)N(C(C)=O)C(C)=O)c1ccccc1. The summed E-state index contributed by atoms with van der Waals surface area (Å²) >= 11 is 0. The maximum absolute atomic E-state index is 13.0. The number of benzene rings is 2. The van der Waals surface area contributed by atoms with E-state index in [1.807, 2.05) is 0 Å². The molecule has 0 aliphatic carbocycles. The molecular weight excluding hydrogens is 500 g/mol. The van der Waals surface area contributed by atoms with Gasteiger partial charge in [-0.15, -0.1) is 0 Å². The molecule has 0 fully saturated rings. The summed E-state index contributed by atoms with van der Waals surface area (Å²) in [6.45, 7) is 4.93. The first-order valence-electron chi connectivity index (χ1n) is 12.9. The first-order valence-corrected chi connectivity index (χ1v) is 12.9. The molecule has 0 unspecified atom stereocenters. The summed E-state index contributed by atoms with van der Waals surface area (Å²) in [6, 6.07) is 17.1. The number of para-hydroxylation sites is 2. The molecule has 0 radical (unpaired) electrons. The minimum Gasteiger partial charge on any atom is -0.273 e. The highest BCUT2D eigenvalue weighted by molar-refractivity contribution is 6.04. The summed E-state index contributed by atoms with van der Waals surface area (Å²) in [5.41, 5.74) is 0.860. The standard InChI is InChI=1S/C29H36N4O6/c1-22(34)30(23(2)35)32(26-16-10-8-11-17-26)28(38)20-14-6-5-7-15-21-29(39)33(27-18-12-9-13-19-27)31(24(3)36)25(4)37/h8-13,16-19H,5-7,14-15,20-21H2,1-4H3. The van der Waals surface area contributed by atoms with Crippen LogP contribution in [0.15, 0.2) is 60.7 Å². The molecule has 0 saturated heterocycles. The number of carbonyl (C=O) groups is 6. The summed E-state index contributed by atoms with van der Waals surface area (Å²) < 4.78 is 0. The maximum atomic E-state index is 13.0. The van der Waals surface area contributed by atoms with E-state index < -0.39 is 23.6 Å². The van der Waals surface area contributed by atoms with Crippen LogP contribution in [0, 0.1) is 0 Å². The predicted molar refractivity (Wildman–Crippen MR) is 147 cm³/mol. The molecule has 0 aliphatic heterocycles. The zero-order valence-corrected chi connectivity index (χ0v) is 23.0. The number of rotatable bonds is 10. The summed E-state index contributed by atoms with van der Waals surface area (Å²) in [6.07, 6.45) is 3.52. The topological polar surface area (TPSA) is 115 Å². The predicted octanol–water partition coefficient (Wildman–Crippen LogP) is 4.40. The molecule has 10 heteroatoms. The molecule has 0 atom stereocenters. The largest absolute Gasteiger partial charge is 0.273 e. The van der Waals surface area contributed by atoms with E-state index >= 15 is 0 Å². The summed E-state index contributed by atoms with van der Waals surface area (Å²) in [7, 11) is 0. The van der Waals surface area contributed by atoms with Crippen molar-refractivity contribution >= 4 is 46.8 Å². The average molecular weight is 537 g/mol. The number of imide groups is 2. The molecular formula is C29H36N4O6. The van der Waals surface area contributed by atoms with E-state index in [-0.39, 0.29) is 24.7 Å². The van der Waals surface area contributed by atoms with Gasteiger partial charge >= 0.3 is 0 Å². The van der Waals surface area contributed by atoms with Crippen LogP contribution in [0.5, 0.6) is 0 Å².